The molecule has 1 aromatic rings. The summed E-state index contributed by atoms with van der Waals surface area (Å²) in [6, 6.07) is 0. The highest BCUT2D eigenvalue weighted by molar-refractivity contribution is 6.20. The standard InChI is InChI=1S/C9H15ClN4/c10-9-2-1-3-13(6-9)4-5-14-8-11-7-12-14/h7-9H,1-6H2. The van der Waals surface area contributed by atoms with Crippen LogP contribution in [0, 0.1) is 0 Å². The Morgan fingerprint density at radius 3 is 3.07 bits per heavy atom. The van der Waals surface area contributed by atoms with Crippen LogP contribution in [-0.2, 0) is 6.54 Å². The third kappa shape index (κ3) is 2.69. The zero-order chi connectivity index (χ0) is 9.80. The third-order valence-electron chi connectivity index (χ3n) is 2.56. The maximum atomic E-state index is 6.10. The average molecular weight is 215 g/mol. The fourth-order valence-corrected chi connectivity index (χ4v) is 2.14. The highest BCUT2D eigenvalue weighted by atomic mass is 35.5. The monoisotopic (exact) mass is 214 g/mol. The van der Waals surface area contributed by atoms with Gasteiger partial charge in [0.2, 0.25) is 0 Å². The summed E-state index contributed by atoms with van der Waals surface area (Å²) in [5.41, 5.74) is 0. The Labute approximate surface area is 88.9 Å². The van der Waals surface area contributed by atoms with Gasteiger partial charge in [-0.15, -0.1) is 11.6 Å². The molecule has 1 atom stereocenters. The largest absolute Gasteiger partial charge is 0.300 e. The molecule has 1 unspecified atom stereocenters. The molecule has 0 amide bonds. The SMILES string of the molecule is ClC1CCCN(CCn2cncn2)C1. The second kappa shape index (κ2) is 4.75. The van der Waals surface area contributed by atoms with Gasteiger partial charge in [-0.1, -0.05) is 0 Å². The van der Waals surface area contributed by atoms with E-state index in [-0.39, 0.29) is 0 Å². The topological polar surface area (TPSA) is 34.0 Å². The molecule has 4 nitrogen and oxygen atoms in total. The average Bonchev–Trinajstić information content (AvgIpc) is 2.67. The van der Waals surface area contributed by atoms with E-state index in [0.717, 1.165) is 32.6 Å². The molecule has 1 aromatic heterocycles. The quantitative estimate of drug-likeness (QED) is 0.704. The van der Waals surface area contributed by atoms with Crippen molar-refractivity contribution >= 4 is 11.6 Å². The van der Waals surface area contributed by atoms with E-state index >= 15 is 0 Å². The summed E-state index contributed by atoms with van der Waals surface area (Å²) in [5.74, 6) is 0. The number of halogens is 1. The van der Waals surface area contributed by atoms with Crippen molar-refractivity contribution in [2.45, 2.75) is 24.8 Å². The van der Waals surface area contributed by atoms with Crippen LogP contribution in [0.1, 0.15) is 12.8 Å². The van der Waals surface area contributed by atoms with Crippen LogP contribution in [0.25, 0.3) is 0 Å². The van der Waals surface area contributed by atoms with Crippen molar-refractivity contribution in [3.05, 3.63) is 12.7 Å². The molecule has 2 rings (SSSR count). The van der Waals surface area contributed by atoms with Crippen LogP contribution in [0.5, 0.6) is 0 Å². The molecule has 1 aliphatic heterocycles. The number of likely N-dealkylation sites (tertiary alicyclic amines) is 1. The van der Waals surface area contributed by atoms with E-state index in [2.05, 4.69) is 15.0 Å². The van der Waals surface area contributed by atoms with Crippen LogP contribution in [0.15, 0.2) is 12.7 Å². The highest BCUT2D eigenvalue weighted by Gasteiger charge is 2.16. The molecule has 0 spiro atoms. The second-order valence-corrected chi connectivity index (χ2v) is 4.32. The van der Waals surface area contributed by atoms with Gasteiger partial charge in [-0.2, -0.15) is 5.10 Å². The van der Waals surface area contributed by atoms with Gasteiger partial charge in [-0.3, -0.25) is 4.68 Å². The van der Waals surface area contributed by atoms with Crippen molar-refractivity contribution in [3.8, 4) is 0 Å². The van der Waals surface area contributed by atoms with Crippen molar-refractivity contribution in [1.82, 2.24) is 19.7 Å². The zero-order valence-electron chi connectivity index (χ0n) is 8.14. The van der Waals surface area contributed by atoms with Gasteiger partial charge in [0, 0.05) is 18.5 Å². The summed E-state index contributed by atoms with van der Waals surface area (Å²) in [7, 11) is 0. The molecule has 2 heterocycles. The molecule has 14 heavy (non-hydrogen) atoms. The summed E-state index contributed by atoms with van der Waals surface area (Å²) in [6.45, 7) is 4.10. The molecule has 1 saturated heterocycles. The number of hydrogen-bond donors (Lipinski definition) is 0. The first-order valence-electron chi connectivity index (χ1n) is 5.03. The van der Waals surface area contributed by atoms with Crippen molar-refractivity contribution < 1.29 is 0 Å². The fraction of sp³-hybridized carbons (Fsp3) is 0.778. The van der Waals surface area contributed by atoms with Gasteiger partial charge in [0.05, 0.1) is 6.54 Å². The van der Waals surface area contributed by atoms with Crippen molar-refractivity contribution in [2.75, 3.05) is 19.6 Å². The van der Waals surface area contributed by atoms with E-state index in [4.69, 9.17) is 11.6 Å². The molecule has 0 radical (unpaired) electrons. The molecule has 0 N–H and O–H groups in total. The number of hydrogen-bond acceptors (Lipinski definition) is 3. The molecular formula is C9H15ClN4. The summed E-state index contributed by atoms with van der Waals surface area (Å²) in [4.78, 5) is 6.30. The lowest BCUT2D eigenvalue weighted by Crippen LogP contribution is -2.37. The van der Waals surface area contributed by atoms with Gasteiger partial charge in [-0.25, -0.2) is 4.98 Å². The van der Waals surface area contributed by atoms with Gasteiger partial charge >= 0.3 is 0 Å². The predicted molar refractivity (Wildman–Crippen MR) is 55.3 cm³/mol. The van der Waals surface area contributed by atoms with Gasteiger partial charge < -0.3 is 4.90 Å². The van der Waals surface area contributed by atoms with E-state index in [9.17, 15) is 0 Å². The number of nitrogens with zero attached hydrogens (tertiary/aromatic N) is 4. The van der Waals surface area contributed by atoms with Crippen LogP contribution in [0.3, 0.4) is 0 Å². The Bertz CT molecular complexity index is 262. The van der Waals surface area contributed by atoms with Crippen LogP contribution >= 0.6 is 11.6 Å². The number of alkyl halides is 1. The van der Waals surface area contributed by atoms with E-state index in [1.807, 2.05) is 4.68 Å². The molecule has 78 valence electrons. The molecule has 0 aliphatic carbocycles. The molecule has 0 bridgehead atoms. The summed E-state index contributed by atoms with van der Waals surface area (Å²) in [6.07, 6.45) is 5.69. The van der Waals surface area contributed by atoms with Crippen LogP contribution in [0.2, 0.25) is 0 Å². The maximum Gasteiger partial charge on any atom is 0.137 e. The maximum absolute atomic E-state index is 6.10. The minimum absolute atomic E-state index is 0.333. The Kier molecular flexibility index (Phi) is 3.37. The Balaban J connectivity index is 1.75. The van der Waals surface area contributed by atoms with Crippen molar-refractivity contribution in [3.63, 3.8) is 0 Å². The summed E-state index contributed by atoms with van der Waals surface area (Å²) < 4.78 is 1.86. The highest BCUT2D eigenvalue weighted by Crippen LogP contribution is 2.14. The lowest BCUT2D eigenvalue weighted by atomic mass is 10.1. The molecule has 0 aromatic carbocycles. The molecule has 1 fully saturated rings. The summed E-state index contributed by atoms with van der Waals surface area (Å²) in [5, 5.41) is 4.40. The lowest BCUT2D eigenvalue weighted by Gasteiger charge is -2.29. The Hall–Kier alpha value is -0.610. The zero-order valence-corrected chi connectivity index (χ0v) is 8.90. The molecule has 1 aliphatic rings. The first-order chi connectivity index (χ1) is 6.84. The first kappa shape index (κ1) is 9.93. The predicted octanol–water partition coefficient (Wildman–Crippen LogP) is 0.981. The third-order valence-corrected chi connectivity index (χ3v) is 2.92. The number of aromatic nitrogens is 3. The molecular weight excluding hydrogens is 200 g/mol. The fourth-order valence-electron chi connectivity index (χ4n) is 1.79. The van der Waals surface area contributed by atoms with Crippen LogP contribution in [-0.4, -0.2) is 44.7 Å². The minimum atomic E-state index is 0.333. The first-order valence-corrected chi connectivity index (χ1v) is 5.47. The minimum Gasteiger partial charge on any atom is -0.300 e. The normalized spacial score (nSPS) is 23.9. The molecule has 5 heteroatoms. The van der Waals surface area contributed by atoms with Crippen LogP contribution in [0.4, 0.5) is 0 Å². The lowest BCUT2D eigenvalue weighted by molar-refractivity contribution is 0.221. The van der Waals surface area contributed by atoms with E-state index in [0.29, 0.717) is 5.38 Å². The van der Waals surface area contributed by atoms with Crippen molar-refractivity contribution in [2.24, 2.45) is 0 Å². The van der Waals surface area contributed by atoms with Gasteiger partial charge in [0.1, 0.15) is 12.7 Å². The summed E-state index contributed by atoms with van der Waals surface area (Å²) >= 11 is 6.10. The Morgan fingerprint density at radius 2 is 2.36 bits per heavy atom. The van der Waals surface area contributed by atoms with Gasteiger partial charge in [0.15, 0.2) is 0 Å². The Morgan fingerprint density at radius 1 is 1.43 bits per heavy atom. The van der Waals surface area contributed by atoms with E-state index < -0.39 is 0 Å². The molecule has 0 saturated carbocycles. The van der Waals surface area contributed by atoms with E-state index in [1.54, 1.807) is 12.7 Å². The van der Waals surface area contributed by atoms with Gasteiger partial charge in [0.25, 0.3) is 0 Å². The number of piperidine rings is 1. The second-order valence-electron chi connectivity index (χ2n) is 3.70. The van der Waals surface area contributed by atoms with E-state index in [1.165, 1.54) is 6.42 Å². The van der Waals surface area contributed by atoms with Crippen LogP contribution < -0.4 is 0 Å². The number of rotatable bonds is 3. The van der Waals surface area contributed by atoms with Gasteiger partial charge in [-0.05, 0) is 19.4 Å². The smallest absolute Gasteiger partial charge is 0.137 e. The van der Waals surface area contributed by atoms with Crippen molar-refractivity contribution in [1.29, 1.82) is 0 Å².